The lowest BCUT2D eigenvalue weighted by Crippen LogP contribution is -2.38. The van der Waals surface area contributed by atoms with Crippen LogP contribution in [0.3, 0.4) is 0 Å². The second-order valence-electron chi connectivity index (χ2n) is 10.8. The number of ether oxygens (including phenoxy) is 5. The lowest BCUT2D eigenvalue weighted by Gasteiger charge is -2.37. The number of likely N-dealkylation sites (tertiary alicyclic amines) is 1. The van der Waals surface area contributed by atoms with Gasteiger partial charge in [0.1, 0.15) is 28.7 Å². The van der Waals surface area contributed by atoms with Crippen molar-refractivity contribution in [2.45, 2.75) is 63.5 Å². The zero-order valence-electron chi connectivity index (χ0n) is 26.3. The number of hydrogen-bond donors (Lipinski definition) is 1. The SMILES string of the molecule is COc1cccc(OC)c1C1CCCC(=O)N1.COc1cccc(OC)c1C1CCCC(=O)N1Cc1cccc(OC(F)(F)F)c1. The minimum Gasteiger partial charge on any atom is -0.496 e. The van der Waals surface area contributed by atoms with E-state index in [-0.39, 0.29) is 36.2 Å². The van der Waals surface area contributed by atoms with Gasteiger partial charge in [-0.1, -0.05) is 24.3 Å². The number of piperidine rings is 2. The molecule has 2 unspecified atom stereocenters. The van der Waals surface area contributed by atoms with Crippen molar-refractivity contribution in [3.05, 3.63) is 77.4 Å². The van der Waals surface area contributed by atoms with E-state index in [1.807, 2.05) is 18.2 Å². The number of halogens is 3. The highest BCUT2D eigenvalue weighted by Gasteiger charge is 2.34. The first kappa shape index (κ1) is 34.3. The second kappa shape index (κ2) is 15.6. The van der Waals surface area contributed by atoms with Gasteiger partial charge in [0, 0.05) is 19.4 Å². The van der Waals surface area contributed by atoms with Crippen molar-refractivity contribution in [3.63, 3.8) is 0 Å². The molecule has 0 radical (unpaired) electrons. The molecular formula is C34H39F3N2O7. The Hall–Kier alpha value is -4.61. The number of nitrogens with one attached hydrogen (secondary N) is 1. The highest BCUT2D eigenvalue weighted by Crippen LogP contribution is 2.43. The molecule has 3 aromatic carbocycles. The maximum atomic E-state index is 12.7. The summed E-state index contributed by atoms with van der Waals surface area (Å²) in [4.78, 5) is 25.8. The number of carbonyl (C=O) groups excluding carboxylic acids is 2. The Morgan fingerprint density at radius 1 is 0.761 bits per heavy atom. The highest BCUT2D eigenvalue weighted by atomic mass is 19.4. The van der Waals surface area contributed by atoms with Crippen molar-refractivity contribution in [2.75, 3.05) is 28.4 Å². The first-order chi connectivity index (χ1) is 22.1. The van der Waals surface area contributed by atoms with Gasteiger partial charge in [0.05, 0.1) is 51.6 Å². The zero-order valence-corrected chi connectivity index (χ0v) is 26.3. The third-order valence-corrected chi connectivity index (χ3v) is 7.90. The van der Waals surface area contributed by atoms with Crippen LogP contribution < -0.4 is 29.0 Å². The maximum Gasteiger partial charge on any atom is 0.573 e. The Labute approximate surface area is 266 Å². The summed E-state index contributed by atoms with van der Waals surface area (Å²) >= 11 is 0. The van der Waals surface area contributed by atoms with Crippen LogP contribution in [0.1, 0.15) is 67.3 Å². The van der Waals surface area contributed by atoms with E-state index in [4.69, 9.17) is 18.9 Å². The molecular weight excluding hydrogens is 605 g/mol. The molecule has 2 saturated heterocycles. The fraction of sp³-hybridized carbons (Fsp3) is 0.412. The molecule has 0 aromatic heterocycles. The number of rotatable bonds is 9. The Kier molecular flexibility index (Phi) is 11.6. The van der Waals surface area contributed by atoms with Crippen LogP contribution >= 0.6 is 0 Å². The van der Waals surface area contributed by atoms with E-state index < -0.39 is 6.36 Å². The van der Waals surface area contributed by atoms with Crippen molar-refractivity contribution >= 4 is 11.8 Å². The molecule has 2 amide bonds. The molecule has 0 saturated carbocycles. The molecule has 0 spiro atoms. The average molecular weight is 645 g/mol. The molecule has 2 heterocycles. The number of alkyl halides is 3. The van der Waals surface area contributed by atoms with Gasteiger partial charge in [0.2, 0.25) is 11.8 Å². The van der Waals surface area contributed by atoms with Crippen LogP contribution in [0.15, 0.2) is 60.7 Å². The minimum absolute atomic E-state index is 0.0117. The summed E-state index contributed by atoms with van der Waals surface area (Å²) < 4.78 is 63.2. The summed E-state index contributed by atoms with van der Waals surface area (Å²) in [7, 11) is 6.35. The maximum absolute atomic E-state index is 12.7. The van der Waals surface area contributed by atoms with E-state index in [1.165, 1.54) is 18.2 Å². The van der Waals surface area contributed by atoms with Gasteiger partial charge in [-0.25, -0.2) is 0 Å². The van der Waals surface area contributed by atoms with Gasteiger partial charge >= 0.3 is 6.36 Å². The molecule has 12 heteroatoms. The molecule has 2 atom stereocenters. The van der Waals surface area contributed by atoms with Crippen molar-refractivity contribution in [1.29, 1.82) is 0 Å². The van der Waals surface area contributed by atoms with Gasteiger partial charge < -0.3 is 33.9 Å². The second-order valence-corrected chi connectivity index (χ2v) is 10.8. The summed E-state index contributed by atoms with van der Waals surface area (Å²) in [6.07, 6.45) is -0.562. The molecule has 2 aliphatic rings. The van der Waals surface area contributed by atoms with Gasteiger partial charge in [-0.3, -0.25) is 9.59 Å². The Bertz CT molecular complexity index is 1450. The van der Waals surface area contributed by atoms with Crippen LogP contribution in [-0.2, 0) is 16.1 Å². The number of benzene rings is 3. The molecule has 248 valence electrons. The third-order valence-electron chi connectivity index (χ3n) is 7.90. The summed E-state index contributed by atoms with van der Waals surface area (Å²) in [6, 6.07) is 16.4. The van der Waals surface area contributed by atoms with Crippen molar-refractivity contribution in [3.8, 4) is 28.7 Å². The van der Waals surface area contributed by atoms with E-state index in [1.54, 1.807) is 57.6 Å². The summed E-state index contributed by atoms with van der Waals surface area (Å²) in [5, 5.41) is 2.98. The molecule has 3 aromatic rings. The van der Waals surface area contributed by atoms with E-state index in [9.17, 15) is 22.8 Å². The molecule has 9 nitrogen and oxygen atoms in total. The topological polar surface area (TPSA) is 95.6 Å². The summed E-state index contributed by atoms with van der Waals surface area (Å²) in [5.41, 5.74) is 2.24. The molecule has 1 N–H and O–H groups in total. The quantitative estimate of drug-likeness (QED) is 0.271. The molecule has 5 rings (SSSR count). The summed E-state index contributed by atoms with van der Waals surface area (Å²) in [5.74, 6) is 2.43. The number of nitrogens with zero attached hydrogens (tertiary/aromatic N) is 1. The minimum atomic E-state index is -4.77. The Morgan fingerprint density at radius 2 is 1.30 bits per heavy atom. The monoisotopic (exact) mass is 644 g/mol. The van der Waals surface area contributed by atoms with Gasteiger partial charge in [-0.15, -0.1) is 13.2 Å². The van der Waals surface area contributed by atoms with E-state index >= 15 is 0 Å². The van der Waals surface area contributed by atoms with Crippen LogP contribution in [0.5, 0.6) is 28.7 Å². The lowest BCUT2D eigenvalue weighted by molar-refractivity contribution is -0.274. The summed E-state index contributed by atoms with van der Waals surface area (Å²) in [6.45, 7) is 0.153. The smallest absolute Gasteiger partial charge is 0.496 e. The number of carbonyl (C=O) groups is 2. The standard InChI is InChI=1S/C21H22F3NO4.C13H17NO3/c1-27-17-9-5-10-18(28-2)20(17)16-8-4-11-19(26)25(16)13-14-6-3-7-15(12-14)29-21(22,23)24;1-16-10-6-4-7-11(17-2)13(10)9-5-3-8-12(15)14-9/h3,5-7,9-10,12,16H,4,8,11,13H2,1-2H3;4,6-7,9H,3,5,8H2,1-2H3,(H,14,15). The largest absolute Gasteiger partial charge is 0.573 e. The van der Waals surface area contributed by atoms with Crippen molar-refractivity contribution in [1.82, 2.24) is 10.2 Å². The predicted octanol–water partition coefficient (Wildman–Crippen LogP) is 6.90. The van der Waals surface area contributed by atoms with E-state index in [2.05, 4.69) is 10.1 Å². The van der Waals surface area contributed by atoms with Crippen LogP contribution in [-0.4, -0.2) is 51.5 Å². The van der Waals surface area contributed by atoms with Gasteiger partial charge in [0.25, 0.3) is 0 Å². The normalized spacial score (nSPS) is 18.1. The average Bonchev–Trinajstić information content (AvgIpc) is 3.04. The zero-order chi connectivity index (χ0) is 33.3. The van der Waals surface area contributed by atoms with Crippen LogP contribution in [0.4, 0.5) is 13.2 Å². The Morgan fingerprint density at radius 3 is 1.85 bits per heavy atom. The number of amides is 2. The van der Waals surface area contributed by atoms with Gasteiger partial charge in [0.15, 0.2) is 0 Å². The molecule has 46 heavy (non-hydrogen) atoms. The van der Waals surface area contributed by atoms with Crippen LogP contribution in [0, 0.1) is 0 Å². The van der Waals surface area contributed by atoms with Gasteiger partial charge in [-0.2, -0.15) is 0 Å². The van der Waals surface area contributed by atoms with Crippen LogP contribution in [0.25, 0.3) is 0 Å². The predicted molar refractivity (Wildman–Crippen MR) is 164 cm³/mol. The third kappa shape index (κ3) is 8.55. The van der Waals surface area contributed by atoms with Gasteiger partial charge in [-0.05, 0) is 67.6 Å². The first-order valence-electron chi connectivity index (χ1n) is 14.9. The first-order valence-corrected chi connectivity index (χ1v) is 14.9. The lowest BCUT2D eigenvalue weighted by atomic mass is 9.92. The Balaban J connectivity index is 0.000000240. The fourth-order valence-corrected chi connectivity index (χ4v) is 5.91. The molecule has 2 aliphatic heterocycles. The van der Waals surface area contributed by atoms with Crippen molar-refractivity contribution in [2.24, 2.45) is 0 Å². The molecule has 0 aliphatic carbocycles. The fourth-order valence-electron chi connectivity index (χ4n) is 5.91. The number of hydrogen-bond acceptors (Lipinski definition) is 7. The molecule has 0 bridgehead atoms. The van der Waals surface area contributed by atoms with E-state index in [0.29, 0.717) is 42.7 Å². The molecule has 2 fully saturated rings. The van der Waals surface area contributed by atoms with Crippen LogP contribution in [0.2, 0.25) is 0 Å². The number of methoxy groups -OCH3 is 4. The highest BCUT2D eigenvalue weighted by molar-refractivity contribution is 5.78. The van der Waals surface area contributed by atoms with Crippen molar-refractivity contribution < 1.29 is 46.4 Å². The van der Waals surface area contributed by atoms with E-state index in [0.717, 1.165) is 35.5 Å².